The van der Waals surface area contributed by atoms with E-state index in [1.165, 1.54) is 5.57 Å². The highest BCUT2D eigenvalue weighted by Crippen LogP contribution is 2.64. The summed E-state index contributed by atoms with van der Waals surface area (Å²) in [5, 5.41) is 10.1. The molecule has 3 aliphatic heterocycles. The van der Waals surface area contributed by atoms with E-state index in [1.807, 2.05) is 24.3 Å². The van der Waals surface area contributed by atoms with Gasteiger partial charge >= 0.3 is 5.97 Å². The van der Waals surface area contributed by atoms with E-state index in [0.29, 0.717) is 24.5 Å². The Labute approximate surface area is 206 Å². The van der Waals surface area contributed by atoms with Crippen molar-refractivity contribution in [2.75, 3.05) is 20.0 Å². The van der Waals surface area contributed by atoms with Gasteiger partial charge in [0.15, 0.2) is 17.8 Å². The minimum Gasteiger partial charge on any atom is -0.459 e. The van der Waals surface area contributed by atoms with Gasteiger partial charge in [-0.05, 0) is 67.6 Å². The molecule has 4 fully saturated rings. The standard InChI is InChI=1S/C28H34O7/c1-16-4-9-23-27(2,19(16)7-6-18-20(29)13-31-25(18)30)11-10-24-28(23,3)14-32-26(35-24)17-5-8-21-22(12-17)34-15-33-21/h5-6,8,12,19-20,23-24,26,29H,1,4,7,9-11,13-15H2,2-3H3/b18-6+/t19-,20+,23+,24?,26?,27+,28+/m1/s1. The Balaban J connectivity index is 1.22. The summed E-state index contributed by atoms with van der Waals surface area (Å²) in [5.74, 6) is 1.72. The zero-order valence-electron chi connectivity index (χ0n) is 20.5. The van der Waals surface area contributed by atoms with E-state index in [4.69, 9.17) is 23.7 Å². The summed E-state index contributed by atoms with van der Waals surface area (Å²) in [6, 6.07) is 5.86. The van der Waals surface area contributed by atoms with Crippen LogP contribution in [-0.4, -0.2) is 43.3 Å². The van der Waals surface area contributed by atoms with Crippen LogP contribution in [0.15, 0.2) is 42.0 Å². The second-order valence-corrected chi connectivity index (χ2v) is 11.2. The average Bonchev–Trinajstić information content (AvgIpc) is 3.43. The number of rotatable bonds is 3. The van der Waals surface area contributed by atoms with E-state index >= 15 is 0 Å². The predicted octanol–water partition coefficient (Wildman–Crippen LogP) is 4.45. The molecule has 1 aromatic carbocycles. The van der Waals surface area contributed by atoms with Crippen molar-refractivity contribution in [2.45, 2.75) is 64.4 Å². The van der Waals surface area contributed by atoms with Crippen LogP contribution in [0.5, 0.6) is 11.5 Å². The molecule has 3 heterocycles. The second kappa shape index (κ2) is 8.36. The Bertz CT molecular complexity index is 1080. The number of esters is 1. The van der Waals surface area contributed by atoms with Crippen LogP contribution < -0.4 is 9.47 Å². The summed E-state index contributed by atoms with van der Waals surface area (Å²) in [4.78, 5) is 12.0. The van der Waals surface area contributed by atoms with Crippen molar-refractivity contribution in [1.82, 2.24) is 0 Å². The lowest BCUT2D eigenvalue weighted by Crippen LogP contribution is -2.60. The molecule has 2 unspecified atom stereocenters. The average molecular weight is 483 g/mol. The topological polar surface area (TPSA) is 83.5 Å². The first-order valence-electron chi connectivity index (χ1n) is 12.7. The molecular weight excluding hydrogens is 448 g/mol. The lowest BCUT2D eigenvalue weighted by atomic mass is 9.46. The highest BCUT2D eigenvalue weighted by Gasteiger charge is 2.60. The molecule has 7 heteroatoms. The van der Waals surface area contributed by atoms with Crippen molar-refractivity contribution >= 4 is 5.97 Å². The number of allylic oxidation sites excluding steroid dienone is 2. The van der Waals surface area contributed by atoms with E-state index in [-0.39, 0.29) is 36.3 Å². The molecule has 2 saturated carbocycles. The van der Waals surface area contributed by atoms with Gasteiger partial charge in [-0.1, -0.05) is 32.1 Å². The van der Waals surface area contributed by atoms with Gasteiger partial charge in [0.25, 0.3) is 0 Å². The van der Waals surface area contributed by atoms with Gasteiger partial charge in [-0.25, -0.2) is 4.79 Å². The molecule has 1 aromatic rings. The van der Waals surface area contributed by atoms with Gasteiger partial charge in [0.05, 0.1) is 18.3 Å². The van der Waals surface area contributed by atoms with Crippen molar-refractivity contribution in [1.29, 1.82) is 0 Å². The Kier molecular flexibility index (Phi) is 5.51. The van der Waals surface area contributed by atoms with Crippen molar-refractivity contribution in [2.24, 2.45) is 22.7 Å². The van der Waals surface area contributed by atoms with E-state index in [9.17, 15) is 9.90 Å². The smallest absolute Gasteiger partial charge is 0.336 e. The molecule has 0 radical (unpaired) electrons. The Morgan fingerprint density at radius 2 is 1.97 bits per heavy atom. The fourth-order valence-corrected chi connectivity index (χ4v) is 7.43. The molecule has 7 atom stereocenters. The maximum absolute atomic E-state index is 12.0. The number of benzene rings is 1. The van der Waals surface area contributed by atoms with Gasteiger partial charge in [-0.2, -0.15) is 0 Å². The Morgan fingerprint density at radius 1 is 1.14 bits per heavy atom. The van der Waals surface area contributed by atoms with Crippen LogP contribution >= 0.6 is 0 Å². The number of aliphatic hydroxyl groups excluding tert-OH is 1. The van der Waals surface area contributed by atoms with Gasteiger partial charge in [0, 0.05) is 11.0 Å². The minimum atomic E-state index is -0.829. The Hall–Kier alpha value is -2.35. The van der Waals surface area contributed by atoms with Gasteiger partial charge < -0.3 is 28.8 Å². The summed E-state index contributed by atoms with van der Waals surface area (Å²) < 4.78 is 29.0. The largest absolute Gasteiger partial charge is 0.459 e. The number of fused-ring (bicyclic) bond motifs is 4. The number of aliphatic hydroxyl groups is 1. The summed E-state index contributed by atoms with van der Waals surface area (Å²) in [7, 11) is 0. The van der Waals surface area contributed by atoms with Gasteiger partial charge in [-0.3, -0.25) is 0 Å². The van der Waals surface area contributed by atoms with Crippen molar-refractivity contribution in [3.63, 3.8) is 0 Å². The molecule has 0 aromatic heterocycles. The van der Waals surface area contributed by atoms with Gasteiger partial charge in [0.2, 0.25) is 6.79 Å². The summed E-state index contributed by atoms with van der Waals surface area (Å²) in [5.41, 5.74) is 2.48. The van der Waals surface area contributed by atoms with Crippen LogP contribution in [0.3, 0.4) is 0 Å². The molecule has 6 rings (SSSR count). The van der Waals surface area contributed by atoms with E-state index in [1.54, 1.807) is 0 Å². The van der Waals surface area contributed by atoms with Crippen molar-refractivity contribution < 1.29 is 33.6 Å². The molecule has 35 heavy (non-hydrogen) atoms. The highest BCUT2D eigenvalue weighted by atomic mass is 16.7. The lowest BCUT2D eigenvalue weighted by molar-refractivity contribution is -0.307. The monoisotopic (exact) mass is 482 g/mol. The molecule has 7 nitrogen and oxygen atoms in total. The molecule has 1 N–H and O–H groups in total. The number of hydrogen-bond acceptors (Lipinski definition) is 7. The third-order valence-electron chi connectivity index (χ3n) is 9.36. The maximum Gasteiger partial charge on any atom is 0.336 e. The molecule has 5 aliphatic rings. The third kappa shape index (κ3) is 3.62. The molecule has 188 valence electrons. The second-order valence-electron chi connectivity index (χ2n) is 11.2. The molecule has 2 saturated heterocycles. The zero-order chi connectivity index (χ0) is 24.4. The first kappa shape index (κ1) is 23.1. The molecular formula is C28H34O7. The van der Waals surface area contributed by atoms with E-state index < -0.39 is 18.4 Å². The summed E-state index contributed by atoms with van der Waals surface area (Å²) >= 11 is 0. The number of ether oxygens (including phenoxy) is 5. The molecule has 0 bridgehead atoms. The van der Waals surface area contributed by atoms with Crippen LogP contribution in [0.4, 0.5) is 0 Å². The van der Waals surface area contributed by atoms with Crippen LogP contribution in [0, 0.1) is 22.7 Å². The molecule has 2 aliphatic carbocycles. The third-order valence-corrected chi connectivity index (χ3v) is 9.36. The highest BCUT2D eigenvalue weighted by molar-refractivity contribution is 5.91. The van der Waals surface area contributed by atoms with Gasteiger partial charge in [0.1, 0.15) is 12.7 Å². The fraction of sp³-hybridized carbons (Fsp3) is 0.607. The first-order valence-corrected chi connectivity index (χ1v) is 12.7. The van der Waals surface area contributed by atoms with Crippen LogP contribution in [0.2, 0.25) is 0 Å². The van der Waals surface area contributed by atoms with Crippen LogP contribution in [0.1, 0.15) is 57.8 Å². The van der Waals surface area contributed by atoms with Gasteiger partial charge in [-0.15, -0.1) is 0 Å². The Morgan fingerprint density at radius 3 is 2.77 bits per heavy atom. The normalized spacial score (nSPS) is 41.5. The number of carbonyl (C=O) groups is 1. The summed E-state index contributed by atoms with van der Waals surface area (Å²) in [6.45, 7) is 10.0. The number of cyclic esters (lactones) is 1. The maximum atomic E-state index is 12.0. The van der Waals surface area contributed by atoms with Crippen molar-refractivity contribution in [3.8, 4) is 11.5 Å². The first-order chi connectivity index (χ1) is 16.8. The molecule has 0 spiro atoms. The fourth-order valence-electron chi connectivity index (χ4n) is 7.43. The lowest BCUT2D eigenvalue weighted by Gasteiger charge is -2.62. The SMILES string of the molecule is C=C1CC[C@H]2[C@@](C)(CCC3OC(c4ccc5c(c4)OCO5)OC[C@]32C)[C@@H]1C/C=C1/C(=O)OC[C@@H]1O. The predicted molar refractivity (Wildman–Crippen MR) is 127 cm³/mol. The van der Waals surface area contributed by atoms with Crippen LogP contribution in [0.25, 0.3) is 0 Å². The number of hydrogen-bond donors (Lipinski definition) is 1. The van der Waals surface area contributed by atoms with Crippen LogP contribution in [-0.2, 0) is 19.0 Å². The minimum absolute atomic E-state index is 0.0173. The van der Waals surface area contributed by atoms with E-state index in [2.05, 4.69) is 20.4 Å². The zero-order valence-corrected chi connectivity index (χ0v) is 20.5. The number of carbonyl (C=O) groups excluding carboxylic acids is 1. The van der Waals surface area contributed by atoms with E-state index in [0.717, 1.165) is 42.7 Å². The quantitative estimate of drug-likeness (QED) is 0.387. The molecule has 0 amide bonds. The van der Waals surface area contributed by atoms with Crippen molar-refractivity contribution in [3.05, 3.63) is 47.6 Å². The summed E-state index contributed by atoms with van der Waals surface area (Å²) in [6.07, 6.45) is 5.41.